The van der Waals surface area contributed by atoms with Gasteiger partial charge in [-0.1, -0.05) is 29.3 Å². The third-order valence-electron chi connectivity index (χ3n) is 3.25. The normalized spacial score (nSPS) is 13.9. The van der Waals surface area contributed by atoms with Gasteiger partial charge in [0.1, 0.15) is 6.54 Å². The maximum atomic E-state index is 12.4. The van der Waals surface area contributed by atoms with Crippen LogP contribution in [0.15, 0.2) is 18.2 Å². The molecule has 0 aromatic heterocycles. The SMILES string of the molecule is CCOC(=O)CN(C(=O)Cc1ccc(Cl)c(Cl)c1)C1CC1. The molecule has 21 heavy (non-hydrogen) atoms. The van der Waals surface area contributed by atoms with Crippen molar-refractivity contribution in [1.82, 2.24) is 4.90 Å². The highest BCUT2D eigenvalue weighted by molar-refractivity contribution is 6.42. The second-order valence-corrected chi connectivity index (χ2v) is 5.80. The molecule has 4 nitrogen and oxygen atoms in total. The molecule has 0 bridgehead atoms. The number of amides is 1. The molecule has 1 amide bonds. The molecule has 0 atom stereocenters. The van der Waals surface area contributed by atoms with Crippen LogP contribution in [-0.4, -0.2) is 36.0 Å². The van der Waals surface area contributed by atoms with E-state index in [0.29, 0.717) is 16.7 Å². The number of ether oxygens (including phenoxy) is 1. The number of carbonyl (C=O) groups excluding carboxylic acids is 2. The Morgan fingerprint density at radius 1 is 1.29 bits per heavy atom. The van der Waals surface area contributed by atoms with Gasteiger partial charge in [0.25, 0.3) is 0 Å². The average Bonchev–Trinajstić information content (AvgIpc) is 3.25. The standard InChI is InChI=1S/C15H17Cl2NO3/c1-2-21-15(20)9-18(11-4-5-11)14(19)8-10-3-6-12(16)13(17)7-10/h3,6-7,11H,2,4-5,8-9H2,1H3. The molecule has 0 radical (unpaired) electrons. The van der Waals surface area contributed by atoms with Crippen molar-refractivity contribution in [3.63, 3.8) is 0 Å². The lowest BCUT2D eigenvalue weighted by molar-refractivity contribution is -0.149. The van der Waals surface area contributed by atoms with Gasteiger partial charge in [0.15, 0.2) is 0 Å². The molecule has 1 fully saturated rings. The molecule has 2 rings (SSSR count). The fourth-order valence-electron chi connectivity index (χ4n) is 2.08. The van der Waals surface area contributed by atoms with Crippen LogP contribution in [0, 0.1) is 0 Å². The summed E-state index contributed by atoms with van der Waals surface area (Å²) in [6.45, 7) is 2.08. The van der Waals surface area contributed by atoms with E-state index in [1.165, 1.54) is 0 Å². The Morgan fingerprint density at radius 3 is 2.57 bits per heavy atom. The van der Waals surface area contributed by atoms with Crippen molar-refractivity contribution in [2.45, 2.75) is 32.2 Å². The topological polar surface area (TPSA) is 46.6 Å². The first kappa shape index (κ1) is 16.1. The minimum Gasteiger partial charge on any atom is -0.465 e. The van der Waals surface area contributed by atoms with E-state index < -0.39 is 0 Å². The number of benzene rings is 1. The van der Waals surface area contributed by atoms with Crippen molar-refractivity contribution in [2.75, 3.05) is 13.2 Å². The van der Waals surface area contributed by atoms with Gasteiger partial charge in [0.2, 0.25) is 5.91 Å². The second-order valence-electron chi connectivity index (χ2n) is 4.98. The number of rotatable bonds is 6. The van der Waals surface area contributed by atoms with Crippen molar-refractivity contribution < 1.29 is 14.3 Å². The minimum absolute atomic E-state index is 0.0126. The Hall–Kier alpha value is -1.26. The van der Waals surface area contributed by atoms with E-state index in [9.17, 15) is 9.59 Å². The molecule has 1 saturated carbocycles. The summed E-state index contributed by atoms with van der Waals surface area (Å²) < 4.78 is 4.91. The Kier molecular flexibility index (Phi) is 5.48. The van der Waals surface area contributed by atoms with E-state index in [4.69, 9.17) is 27.9 Å². The van der Waals surface area contributed by atoms with Crippen LogP contribution in [0.2, 0.25) is 10.0 Å². The Bertz CT molecular complexity index is 544. The number of halogens is 2. The van der Waals surface area contributed by atoms with Crippen LogP contribution in [0.25, 0.3) is 0 Å². The third-order valence-corrected chi connectivity index (χ3v) is 3.99. The van der Waals surface area contributed by atoms with Gasteiger partial charge >= 0.3 is 5.97 Å². The lowest BCUT2D eigenvalue weighted by atomic mass is 10.1. The largest absolute Gasteiger partial charge is 0.465 e. The van der Waals surface area contributed by atoms with E-state index in [2.05, 4.69) is 0 Å². The zero-order valence-corrected chi connectivity index (χ0v) is 13.3. The van der Waals surface area contributed by atoms with Crippen molar-refractivity contribution >= 4 is 35.1 Å². The van der Waals surface area contributed by atoms with E-state index in [-0.39, 0.29) is 30.9 Å². The number of hydrogen-bond donors (Lipinski definition) is 0. The molecule has 0 aliphatic heterocycles. The Labute approximate surface area is 134 Å². The molecule has 1 aromatic rings. The summed E-state index contributed by atoms with van der Waals surface area (Å²) in [5.41, 5.74) is 0.781. The van der Waals surface area contributed by atoms with Crippen molar-refractivity contribution in [3.8, 4) is 0 Å². The smallest absolute Gasteiger partial charge is 0.325 e. The molecule has 0 saturated heterocycles. The number of esters is 1. The second kappa shape index (κ2) is 7.14. The maximum absolute atomic E-state index is 12.4. The summed E-state index contributed by atoms with van der Waals surface area (Å²) in [6, 6.07) is 5.27. The van der Waals surface area contributed by atoms with Crippen LogP contribution < -0.4 is 0 Å². The van der Waals surface area contributed by atoms with Crippen molar-refractivity contribution in [3.05, 3.63) is 33.8 Å². The molecule has 0 heterocycles. The molecule has 0 N–H and O–H groups in total. The monoisotopic (exact) mass is 329 g/mol. The van der Waals surface area contributed by atoms with Crippen LogP contribution in [0.1, 0.15) is 25.3 Å². The van der Waals surface area contributed by atoms with Crippen LogP contribution in [-0.2, 0) is 20.7 Å². The highest BCUT2D eigenvalue weighted by Gasteiger charge is 2.34. The molecule has 1 aliphatic rings. The molecular weight excluding hydrogens is 313 g/mol. The minimum atomic E-state index is -0.369. The highest BCUT2D eigenvalue weighted by Crippen LogP contribution is 2.28. The first-order valence-corrected chi connectivity index (χ1v) is 7.66. The van der Waals surface area contributed by atoms with Gasteiger partial charge in [-0.3, -0.25) is 9.59 Å². The number of carbonyl (C=O) groups is 2. The Morgan fingerprint density at radius 2 is 2.00 bits per heavy atom. The molecular formula is C15H17Cl2NO3. The zero-order chi connectivity index (χ0) is 15.4. The van der Waals surface area contributed by atoms with Gasteiger partial charge in [-0.05, 0) is 37.5 Å². The van der Waals surface area contributed by atoms with Gasteiger partial charge < -0.3 is 9.64 Å². The van der Waals surface area contributed by atoms with E-state index >= 15 is 0 Å². The van der Waals surface area contributed by atoms with Crippen molar-refractivity contribution in [1.29, 1.82) is 0 Å². The quantitative estimate of drug-likeness (QED) is 0.753. The van der Waals surface area contributed by atoms with Crippen LogP contribution in [0.3, 0.4) is 0 Å². The summed E-state index contributed by atoms with van der Waals surface area (Å²) in [7, 11) is 0. The van der Waals surface area contributed by atoms with E-state index in [1.54, 1.807) is 30.0 Å². The fourth-order valence-corrected chi connectivity index (χ4v) is 2.40. The molecule has 1 aromatic carbocycles. The van der Waals surface area contributed by atoms with E-state index in [1.807, 2.05) is 0 Å². The summed E-state index contributed by atoms with van der Waals surface area (Å²) >= 11 is 11.8. The number of nitrogens with zero attached hydrogens (tertiary/aromatic N) is 1. The Balaban J connectivity index is 2.01. The van der Waals surface area contributed by atoms with E-state index in [0.717, 1.165) is 18.4 Å². The average molecular weight is 330 g/mol. The molecule has 6 heteroatoms. The zero-order valence-electron chi connectivity index (χ0n) is 11.8. The molecule has 0 spiro atoms. The summed E-state index contributed by atoms with van der Waals surface area (Å²) in [4.78, 5) is 25.6. The summed E-state index contributed by atoms with van der Waals surface area (Å²) in [6.07, 6.45) is 2.08. The van der Waals surface area contributed by atoms with Crippen LogP contribution in [0.5, 0.6) is 0 Å². The predicted octanol–water partition coefficient (Wildman–Crippen LogP) is 3.09. The first-order chi connectivity index (χ1) is 10.0. The summed E-state index contributed by atoms with van der Waals surface area (Å²) in [5, 5.41) is 0.878. The lowest BCUT2D eigenvalue weighted by Crippen LogP contribution is -2.39. The van der Waals surface area contributed by atoms with Crippen LogP contribution in [0.4, 0.5) is 0 Å². The number of hydrogen-bond acceptors (Lipinski definition) is 3. The van der Waals surface area contributed by atoms with Gasteiger partial charge in [0.05, 0.1) is 23.1 Å². The van der Waals surface area contributed by atoms with Gasteiger partial charge in [-0.25, -0.2) is 0 Å². The van der Waals surface area contributed by atoms with Gasteiger partial charge in [0, 0.05) is 6.04 Å². The van der Waals surface area contributed by atoms with Crippen molar-refractivity contribution in [2.24, 2.45) is 0 Å². The summed E-state index contributed by atoms with van der Waals surface area (Å²) in [5.74, 6) is -0.462. The maximum Gasteiger partial charge on any atom is 0.325 e. The first-order valence-electron chi connectivity index (χ1n) is 6.90. The van der Waals surface area contributed by atoms with Crippen LogP contribution >= 0.6 is 23.2 Å². The molecule has 114 valence electrons. The van der Waals surface area contributed by atoms with Gasteiger partial charge in [-0.2, -0.15) is 0 Å². The molecule has 1 aliphatic carbocycles. The third kappa shape index (κ3) is 4.61. The predicted molar refractivity (Wildman–Crippen MR) is 81.5 cm³/mol. The molecule has 0 unspecified atom stereocenters. The lowest BCUT2D eigenvalue weighted by Gasteiger charge is -2.21. The highest BCUT2D eigenvalue weighted by atomic mass is 35.5. The van der Waals surface area contributed by atoms with Gasteiger partial charge in [-0.15, -0.1) is 0 Å². The fraction of sp³-hybridized carbons (Fsp3) is 0.467.